The highest BCUT2D eigenvalue weighted by Gasteiger charge is 2.21. The molecule has 6 nitrogen and oxygen atoms in total. The number of nitrogens with one attached hydrogen (secondary N) is 1. The van der Waals surface area contributed by atoms with Gasteiger partial charge in [0.05, 0.1) is 10.7 Å². The fourth-order valence-corrected chi connectivity index (χ4v) is 2.89. The van der Waals surface area contributed by atoms with Crippen LogP contribution in [0.4, 0.5) is 0 Å². The van der Waals surface area contributed by atoms with E-state index in [1.165, 1.54) is 0 Å². The SMILES string of the molecule is Cc1nc(COc2cccc(C(=O)NC(CC(C)C)C(=O)O)c2)cs1. The van der Waals surface area contributed by atoms with Crippen LogP contribution in [0.3, 0.4) is 0 Å². The third-order valence-electron chi connectivity index (χ3n) is 3.46. The number of aromatic nitrogens is 1. The molecule has 1 unspecified atom stereocenters. The molecular formula is C18H22N2O4S. The summed E-state index contributed by atoms with van der Waals surface area (Å²) in [6.07, 6.45) is 0.375. The summed E-state index contributed by atoms with van der Waals surface area (Å²) in [5, 5.41) is 14.7. The van der Waals surface area contributed by atoms with Crippen LogP contribution in [0.5, 0.6) is 5.75 Å². The number of aliphatic carboxylic acids is 1. The molecule has 0 aliphatic heterocycles. The van der Waals surface area contributed by atoms with E-state index in [2.05, 4.69) is 10.3 Å². The number of rotatable bonds is 8. The molecule has 1 amide bonds. The molecule has 1 heterocycles. The monoisotopic (exact) mass is 362 g/mol. The van der Waals surface area contributed by atoms with Gasteiger partial charge in [-0.2, -0.15) is 0 Å². The van der Waals surface area contributed by atoms with E-state index >= 15 is 0 Å². The van der Waals surface area contributed by atoms with E-state index in [4.69, 9.17) is 4.74 Å². The minimum absolute atomic E-state index is 0.164. The van der Waals surface area contributed by atoms with Gasteiger partial charge in [-0.3, -0.25) is 4.79 Å². The lowest BCUT2D eigenvalue weighted by Gasteiger charge is -2.16. The molecule has 0 fully saturated rings. The third-order valence-corrected chi connectivity index (χ3v) is 4.28. The molecule has 1 aromatic heterocycles. The molecule has 2 aromatic rings. The summed E-state index contributed by atoms with van der Waals surface area (Å²) in [4.78, 5) is 27.9. The van der Waals surface area contributed by atoms with Gasteiger partial charge < -0.3 is 15.2 Å². The summed E-state index contributed by atoms with van der Waals surface area (Å²) in [6.45, 7) is 6.07. The van der Waals surface area contributed by atoms with Gasteiger partial charge in [-0.1, -0.05) is 19.9 Å². The molecule has 0 radical (unpaired) electrons. The first-order valence-electron chi connectivity index (χ1n) is 8.02. The second kappa shape index (κ2) is 8.62. The minimum Gasteiger partial charge on any atom is -0.487 e. The van der Waals surface area contributed by atoms with Crippen LogP contribution in [0.1, 0.15) is 41.3 Å². The van der Waals surface area contributed by atoms with Crippen molar-refractivity contribution in [2.75, 3.05) is 0 Å². The predicted molar refractivity (Wildman–Crippen MR) is 96.0 cm³/mol. The number of carboxylic acids is 1. The molecule has 25 heavy (non-hydrogen) atoms. The second-order valence-corrected chi connectivity index (χ2v) is 7.23. The highest BCUT2D eigenvalue weighted by Crippen LogP contribution is 2.17. The maximum atomic E-state index is 12.3. The number of benzene rings is 1. The molecule has 1 aromatic carbocycles. The number of nitrogens with zero attached hydrogens (tertiary/aromatic N) is 1. The summed E-state index contributed by atoms with van der Waals surface area (Å²) in [7, 11) is 0. The Kier molecular flexibility index (Phi) is 6.52. The second-order valence-electron chi connectivity index (χ2n) is 6.17. The van der Waals surface area contributed by atoms with Crippen molar-refractivity contribution in [2.45, 2.75) is 39.8 Å². The van der Waals surface area contributed by atoms with Gasteiger partial charge in [0, 0.05) is 10.9 Å². The average Bonchev–Trinajstić information content (AvgIpc) is 2.97. The first-order valence-corrected chi connectivity index (χ1v) is 8.90. The fourth-order valence-electron chi connectivity index (χ4n) is 2.29. The Morgan fingerprint density at radius 2 is 2.12 bits per heavy atom. The first-order chi connectivity index (χ1) is 11.8. The largest absolute Gasteiger partial charge is 0.487 e. The van der Waals surface area contributed by atoms with Crippen LogP contribution in [-0.2, 0) is 11.4 Å². The molecule has 0 spiro atoms. The number of carbonyl (C=O) groups excluding carboxylic acids is 1. The van der Waals surface area contributed by atoms with Crippen molar-refractivity contribution in [1.82, 2.24) is 10.3 Å². The molecule has 0 aliphatic carbocycles. The number of carbonyl (C=O) groups is 2. The van der Waals surface area contributed by atoms with E-state index in [-0.39, 0.29) is 5.92 Å². The normalized spacial score (nSPS) is 12.0. The molecule has 2 N–H and O–H groups in total. The van der Waals surface area contributed by atoms with Crippen molar-refractivity contribution in [3.63, 3.8) is 0 Å². The number of ether oxygens (including phenoxy) is 1. The number of thiazole rings is 1. The topological polar surface area (TPSA) is 88.5 Å². The Balaban J connectivity index is 2.01. The van der Waals surface area contributed by atoms with E-state index in [0.717, 1.165) is 10.7 Å². The average molecular weight is 362 g/mol. The van der Waals surface area contributed by atoms with E-state index in [0.29, 0.717) is 24.3 Å². The van der Waals surface area contributed by atoms with Gasteiger partial charge in [-0.05, 0) is 37.5 Å². The molecule has 0 aliphatic rings. The van der Waals surface area contributed by atoms with E-state index in [1.807, 2.05) is 26.2 Å². The van der Waals surface area contributed by atoms with Crippen LogP contribution >= 0.6 is 11.3 Å². The Labute approximate surface area is 150 Å². The number of hydrogen-bond donors (Lipinski definition) is 2. The van der Waals surface area contributed by atoms with Gasteiger partial charge in [0.25, 0.3) is 5.91 Å². The maximum absolute atomic E-state index is 12.3. The number of amides is 1. The van der Waals surface area contributed by atoms with Gasteiger partial charge >= 0.3 is 5.97 Å². The van der Waals surface area contributed by atoms with Crippen molar-refractivity contribution >= 4 is 23.2 Å². The molecule has 2 rings (SSSR count). The minimum atomic E-state index is -1.03. The van der Waals surface area contributed by atoms with Crippen molar-refractivity contribution in [3.05, 3.63) is 45.9 Å². The molecule has 1 atom stereocenters. The number of hydrogen-bond acceptors (Lipinski definition) is 5. The van der Waals surface area contributed by atoms with Crippen molar-refractivity contribution in [3.8, 4) is 5.75 Å². The fraction of sp³-hybridized carbons (Fsp3) is 0.389. The number of carboxylic acid groups (broad SMARTS) is 1. The Bertz CT molecular complexity index is 742. The molecule has 0 saturated heterocycles. The highest BCUT2D eigenvalue weighted by atomic mass is 32.1. The van der Waals surface area contributed by atoms with Crippen LogP contribution < -0.4 is 10.1 Å². The van der Waals surface area contributed by atoms with Crippen molar-refractivity contribution in [1.29, 1.82) is 0 Å². The zero-order chi connectivity index (χ0) is 18.4. The van der Waals surface area contributed by atoms with Crippen LogP contribution in [0.15, 0.2) is 29.6 Å². The molecule has 134 valence electrons. The van der Waals surface area contributed by atoms with Crippen LogP contribution in [0.25, 0.3) is 0 Å². The zero-order valence-electron chi connectivity index (χ0n) is 14.5. The third kappa shape index (κ3) is 5.86. The van der Waals surface area contributed by atoms with Gasteiger partial charge in [-0.25, -0.2) is 9.78 Å². The summed E-state index contributed by atoms with van der Waals surface area (Å²) >= 11 is 1.55. The summed E-state index contributed by atoms with van der Waals surface area (Å²) < 4.78 is 5.66. The first kappa shape index (κ1) is 18.9. The van der Waals surface area contributed by atoms with E-state index in [1.54, 1.807) is 35.6 Å². The molecule has 0 saturated carbocycles. The Morgan fingerprint density at radius 3 is 2.72 bits per heavy atom. The Hall–Kier alpha value is -2.41. The summed E-state index contributed by atoms with van der Waals surface area (Å²) in [6, 6.07) is 5.77. The lowest BCUT2D eigenvalue weighted by atomic mass is 10.0. The maximum Gasteiger partial charge on any atom is 0.326 e. The van der Waals surface area contributed by atoms with Crippen LogP contribution in [0.2, 0.25) is 0 Å². The zero-order valence-corrected chi connectivity index (χ0v) is 15.3. The van der Waals surface area contributed by atoms with E-state index < -0.39 is 17.9 Å². The van der Waals surface area contributed by atoms with Crippen LogP contribution in [-0.4, -0.2) is 28.0 Å². The predicted octanol–water partition coefficient (Wildman–Crippen LogP) is 3.26. The summed E-state index contributed by atoms with van der Waals surface area (Å²) in [5.74, 6) is -0.761. The molecular weight excluding hydrogens is 340 g/mol. The molecule has 7 heteroatoms. The smallest absolute Gasteiger partial charge is 0.326 e. The molecule has 0 bridgehead atoms. The number of aryl methyl sites for hydroxylation is 1. The quantitative estimate of drug-likeness (QED) is 0.752. The standard InChI is InChI=1S/C18H22N2O4S/c1-11(2)7-16(18(22)23)20-17(21)13-5-4-6-15(8-13)24-9-14-10-25-12(3)19-14/h4-6,8,10-11,16H,7,9H2,1-3H3,(H,20,21)(H,22,23). The highest BCUT2D eigenvalue weighted by molar-refractivity contribution is 7.09. The lowest BCUT2D eigenvalue weighted by molar-refractivity contribution is -0.139. The van der Waals surface area contributed by atoms with E-state index in [9.17, 15) is 14.7 Å². The van der Waals surface area contributed by atoms with Gasteiger partial charge in [-0.15, -0.1) is 11.3 Å². The Morgan fingerprint density at radius 1 is 1.36 bits per heavy atom. The summed E-state index contributed by atoms with van der Waals surface area (Å²) in [5.41, 5.74) is 1.20. The van der Waals surface area contributed by atoms with Gasteiger partial charge in [0.1, 0.15) is 18.4 Å². The van der Waals surface area contributed by atoms with Crippen molar-refractivity contribution in [2.24, 2.45) is 5.92 Å². The van der Waals surface area contributed by atoms with Crippen LogP contribution in [0, 0.1) is 12.8 Å². The van der Waals surface area contributed by atoms with Crippen molar-refractivity contribution < 1.29 is 19.4 Å². The van der Waals surface area contributed by atoms with Gasteiger partial charge in [0.2, 0.25) is 0 Å². The van der Waals surface area contributed by atoms with Gasteiger partial charge in [0.15, 0.2) is 0 Å². The lowest BCUT2D eigenvalue weighted by Crippen LogP contribution is -2.41.